The molecule has 3 aromatic rings. The maximum Gasteiger partial charge on any atom is 0.417 e. The lowest BCUT2D eigenvalue weighted by atomic mass is 9.95. The van der Waals surface area contributed by atoms with Gasteiger partial charge in [0.2, 0.25) is 0 Å². The van der Waals surface area contributed by atoms with Crippen LogP contribution in [-0.4, -0.2) is 34.0 Å². The van der Waals surface area contributed by atoms with E-state index in [1.54, 1.807) is 13.8 Å². The van der Waals surface area contributed by atoms with Gasteiger partial charge in [0.05, 0.1) is 5.56 Å². The van der Waals surface area contributed by atoms with Crippen LogP contribution in [0.15, 0.2) is 54.6 Å². The Hall–Kier alpha value is -4.48. The molecular formula is C27H22F5N3O4. The van der Waals surface area contributed by atoms with Crippen LogP contribution in [0.25, 0.3) is 11.1 Å². The van der Waals surface area contributed by atoms with Crippen molar-refractivity contribution in [1.29, 1.82) is 0 Å². The number of nitrogens with zero attached hydrogens (tertiary/aromatic N) is 1. The number of carbonyl (C=O) groups is 3. The quantitative estimate of drug-likeness (QED) is 0.313. The molecule has 204 valence electrons. The average molecular weight is 547 g/mol. The van der Waals surface area contributed by atoms with Gasteiger partial charge >= 0.3 is 18.2 Å². The van der Waals surface area contributed by atoms with E-state index >= 15 is 0 Å². The molecule has 1 heterocycles. The van der Waals surface area contributed by atoms with Crippen LogP contribution < -0.4 is 10.6 Å². The first kappa shape index (κ1) is 27.6. The maximum atomic E-state index is 14.0. The highest BCUT2D eigenvalue weighted by molar-refractivity contribution is 6.02. The van der Waals surface area contributed by atoms with Crippen molar-refractivity contribution in [2.24, 2.45) is 5.92 Å². The predicted octanol–water partition coefficient (Wildman–Crippen LogP) is 6.36. The number of nitrogens with one attached hydrogen (secondary N) is 2. The zero-order valence-corrected chi connectivity index (χ0v) is 20.6. The summed E-state index contributed by atoms with van der Waals surface area (Å²) in [6, 6.07) is 7.76. The Morgan fingerprint density at radius 2 is 1.54 bits per heavy atom. The van der Waals surface area contributed by atoms with Crippen LogP contribution in [0.1, 0.15) is 35.3 Å². The third-order valence-electron chi connectivity index (χ3n) is 6.23. The van der Waals surface area contributed by atoms with Crippen molar-refractivity contribution < 1.29 is 41.4 Å². The molecule has 0 spiro atoms. The Morgan fingerprint density at radius 3 is 2.13 bits per heavy atom. The maximum absolute atomic E-state index is 14.0. The van der Waals surface area contributed by atoms with Gasteiger partial charge in [0, 0.05) is 29.5 Å². The van der Waals surface area contributed by atoms with Gasteiger partial charge in [-0.05, 0) is 52.9 Å². The molecule has 0 bridgehead atoms. The summed E-state index contributed by atoms with van der Waals surface area (Å²) in [5.74, 6) is -4.50. The van der Waals surface area contributed by atoms with Crippen molar-refractivity contribution in [1.82, 2.24) is 4.90 Å². The van der Waals surface area contributed by atoms with Crippen LogP contribution in [0, 0.1) is 17.6 Å². The van der Waals surface area contributed by atoms with E-state index in [4.69, 9.17) is 0 Å². The van der Waals surface area contributed by atoms with Gasteiger partial charge in [-0.25, -0.2) is 18.4 Å². The fourth-order valence-corrected chi connectivity index (χ4v) is 4.47. The zero-order chi connectivity index (χ0) is 28.6. The normalized spacial score (nSPS) is 13.8. The van der Waals surface area contributed by atoms with Gasteiger partial charge in [-0.1, -0.05) is 32.0 Å². The van der Waals surface area contributed by atoms with Crippen LogP contribution in [-0.2, 0) is 17.5 Å². The Balaban J connectivity index is 1.62. The summed E-state index contributed by atoms with van der Waals surface area (Å²) in [6.45, 7) is 3.33. The van der Waals surface area contributed by atoms with Gasteiger partial charge in [0.25, 0.3) is 5.91 Å². The number of anilines is 2. The molecule has 4 rings (SSSR count). The molecule has 1 atom stereocenters. The molecule has 0 aliphatic carbocycles. The van der Waals surface area contributed by atoms with Gasteiger partial charge in [-0.3, -0.25) is 4.79 Å². The van der Waals surface area contributed by atoms with Crippen molar-refractivity contribution in [3.05, 3.63) is 82.9 Å². The number of amides is 3. The lowest BCUT2D eigenvalue weighted by molar-refractivity contribution is -0.144. The second kappa shape index (κ2) is 10.4. The Bertz CT molecular complexity index is 1470. The van der Waals surface area contributed by atoms with E-state index in [-0.39, 0.29) is 34.6 Å². The minimum Gasteiger partial charge on any atom is -0.480 e. The first-order valence-corrected chi connectivity index (χ1v) is 11.7. The summed E-state index contributed by atoms with van der Waals surface area (Å²) in [4.78, 5) is 38.2. The number of halogens is 5. The molecular weight excluding hydrogens is 525 g/mol. The lowest BCUT2D eigenvalue weighted by Gasteiger charge is -2.27. The van der Waals surface area contributed by atoms with E-state index in [9.17, 15) is 41.4 Å². The molecule has 3 aromatic carbocycles. The molecule has 0 unspecified atom stereocenters. The fourth-order valence-electron chi connectivity index (χ4n) is 4.47. The highest BCUT2D eigenvalue weighted by Gasteiger charge is 2.39. The van der Waals surface area contributed by atoms with Crippen molar-refractivity contribution in [3.63, 3.8) is 0 Å². The SMILES string of the molecule is CC(C)[C@@H](C(=O)O)N1Cc2ccc(-c3ccc(NC(=O)Nc4ccc(F)c(F)c4)cc3C(F)(F)F)cc2C1=O. The Morgan fingerprint density at radius 1 is 0.897 bits per heavy atom. The lowest BCUT2D eigenvalue weighted by Crippen LogP contribution is -2.44. The number of rotatable bonds is 6. The number of carbonyl (C=O) groups excluding carboxylic acids is 2. The molecule has 3 amide bonds. The van der Waals surface area contributed by atoms with Crippen LogP contribution in [0.4, 0.5) is 38.1 Å². The van der Waals surface area contributed by atoms with E-state index < -0.39 is 53.2 Å². The summed E-state index contributed by atoms with van der Waals surface area (Å²) in [5, 5.41) is 14.0. The minimum absolute atomic E-state index is 0.0195. The number of hydrogen-bond donors (Lipinski definition) is 3. The number of carboxylic acids is 1. The molecule has 0 fully saturated rings. The predicted molar refractivity (Wildman–Crippen MR) is 132 cm³/mol. The molecule has 12 heteroatoms. The Labute approximate surface area is 219 Å². The molecule has 39 heavy (non-hydrogen) atoms. The van der Waals surface area contributed by atoms with Crippen molar-refractivity contribution in [2.45, 2.75) is 32.6 Å². The third-order valence-corrected chi connectivity index (χ3v) is 6.23. The molecule has 0 radical (unpaired) electrons. The number of hydrogen-bond acceptors (Lipinski definition) is 3. The number of alkyl halides is 3. The molecule has 1 aliphatic rings. The summed E-state index contributed by atoms with van der Waals surface area (Å²) >= 11 is 0. The third kappa shape index (κ3) is 5.69. The number of aliphatic carboxylic acids is 1. The zero-order valence-electron chi connectivity index (χ0n) is 20.6. The van der Waals surface area contributed by atoms with Gasteiger partial charge in [-0.15, -0.1) is 0 Å². The van der Waals surface area contributed by atoms with Gasteiger partial charge in [0.1, 0.15) is 6.04 Å². The summed E-state index contributed by atoms with van der Waals surface area (Å²) in [7, 11) is 0. The number of fused-ring (bicyclic) bond motifs is 1. The largest absolute Gasteiger partial charge is 0.480 e. The number of urea groups is 1. The summed E-state index contributed by atoms with van der Waals surface area (Å²) in [5.41, 5.74) is -1.01. The van der Waals surface area contributed by atoms with Gasteiger partial charge < -0.3 is 20.6 Å². The average Bonchev–Trinajstić information content (AvgIpc) is 3.15. The topological polar surface area (TPSA) is 98.7 Å². The smallest absolute Gasteiger partial charge is 0.417 e. The first-order valence-electron chi connectivity index (χ1n) is 11.7. The van der Waals surface area contributed by atoms with E-state index in [1.165, 1.54) is 29.2 Å². The molecule has 7 nitrogen and oxygen atoms in total. The minimum atomic E-state index is -4.84. The van der Waals surface area contributed by atoms with Crippen LogP contribution in [0.3, 0.4) is 0 Å². The Kier molecular flexibility index (Phi) is 7.31. The molecule has 0 saturated carbocycles. The first-order chi connectivity index (χ1) is 18.3. The van der Waals surface area contributed by atoms with Crippen LogP contribution in [0.5, 0.6) is 0 Å². The molecule has 0 saturated heterocycles. The van der Waals surface area contributed by atoms with E-state index in [1.807, 2.05) is 0 Å². The summed E-state index contributed by atoms with van der Waals surface area (Å²) < 4.78 is 68.5. The molecule has 1 aliphatic heterocycles. The molecule has 0 aromatic heterocycles. The second-order valence-corrected chi connectivity index (χ2v) is 9.30. The highest BCUT2D eigenvalue weighted by atomic mass is 19.4. The number of benzene rings is 3. The standard InChI is InChI=1S/C27H22F5N3O4/c1-13(2)23(25(37)38)35-12-15-4-3-14(9-19(15)24(35)36)18-7-5-16(10-20(18)27(30,31)32)33-26(39)34-17-6-8-21(28)22(29)11-17/h3-11,13,23H,12H2,1-2H3,(H,37,38)(H2,33,34,39)/t23-/m0/s1. The van der Waals surface area contributed by atoms with Crippen molar-refractivity contribution in [3.8, 4) is 11.1 Å². The summed E-state index contributed by atoms with van der Waals surface area (Å²) in [6.07, 6.45) is -4.84. The van der Waals surface area contributed by atoms with Gasteiger partial charge in [0.15, 0.2) is 11.6 Å². The van der Waals surface area contributed by atoms with E-state index in [0.717, 1.165) is 24.3 Å². The van der Waals surface area contributed by atoms with E-state index in [2.05, 4.69) is 10.6 Å². The van der Waals surface area contributed by atoms with E-state index in [0.29, 0.717) is 11.6 Å². The van der Waals surface area contributed by atoms with Crippen molar-refractivity contribution >= 4 is 29.3 Å². The highest BCUT2D eigenvalue weighted by Crippen LogP contribution is 2.40. The fraction of sp³-hybridized carbons (Fsp3) is 0.222. The van der Waals surface area contributed by atoms with Crippen molar-refractivity contribution in [2.75, 3.05) is 10.6 Å². The number of carboxylic acid groups (broad SMARTS) is 1. The molecule has 3 N–H and O–H groups in total. The monoisotopic (exact) mass is 547 g/mol. The van der Waals surface area contributed by atoms with Crippen LogP contribution >= 0.6 is 0 Å². The van der Waals surface area contributed by atoms with Gasteiger partial charge in [-0.2, -0.15) is 13.2 Å². The second-order valence-electron chi connectivity index (χ2n) is 9.30. The van der Waals surface area contributed by atoms with Crippen LogP contribution in [0.2, 0.25) is 0 Å².